The maximum Gasteiger partial charge on any atom is 0.263 e. The van der Waals surface area contributed by atoms with E-state index in [-0.39, 0.29) is 6.54 Å². The lowest BCUT2D eigenvalue weighted by Crippen LogP contribution is -2.32. The third-order valence-corrected chi connectivity index (χ3v) is 3.92. The lowest BCUT2D eigenvalue weighted by atomic mass is 10.1. The van der Waals surface area contributed by atoms with Crippen molar-refractivity contribution < 1.29 is 13.3 Å². The molecule has 1 aromatic carbocycles. The lowest BCUT2D eigenvalue weighted by Gasteiger charge is -2.26. The fourth-order valence-electron chi connectivity index (χ4n) is 2.58. The summed E-state index contributed by atoms with van der Waals surface area (Å²) < 4.78 is 32.5. The normalized spacial score (nSPS) is 11.4. The van der Waals surface area contributed by atoms with Gasteiger partial charge in [-0.3, -0.25) is 0 Å². The van der Waals surface area contributed by atoms with E-state index in [0.717, 1.165) is 12.6 Å². The molecule has 0 aliphatic carbocycles. The van der Waals surface area contributed by atoms with Crippen LogP contribution >= 0.6 is 0 Å². The molecule has 0 bridgehead atoms. The van der Waals surface area contributed by atoms with Crippen LogP contribution in [-0.4, -0.2) is 47.2 Å². The fourth-order valence-corrected chi connectivity index (χ4v) is 2.58. The van der Waals surface area contributed by atoms with Crippen molar-refractivity contribution in [1.82, 2.24) is 20.0 Å². The van der Waals surface area contributed by atoms with Crippen LogP contribution in [0.4, 0.5) is 14.6 Å². The molecule has 0 N–H and O–H groups in total. The van der Waals surface area contributed by atoms with Crippen molar-refractivity contribution in [3.63, 3.8) is 0 Å². The first-order valence-electron chi connectivity index (χ1n) is 7.86. The van der Waals surface area contributed by atoms with Gasteiger partial charge in [0.2, 0.25) is 0 Å². The van der Waals surface area contributed by atoms with Crippen molar-refractivity contribution in [1.29, 1.82) is 0 Å². The van der Waals surface area contributed by atoms with E-state index in [2.05, 4.69) is 15.1 Å². The Morgan fingerprint density at radius 1 is 1.12 bits per heavy atom. The van der Waals surface area contributed by atoms with Crippen molar-refractivity contribution in [2.24, 2.45) is 0 Å². The highest BCUT2D eigenvalue weighted by Crippen LogP contribution is 2.27. The molecule has 0 atom stereocenters. The molecule has 0 saturated carbocycles. The minimum absolute atomic E-state index is 0.247. The standard InChI is InChI=1S/C17H19F2N5O/c1-11-15-16(20-10-21-17(15)25-22-11)24(7-6-23(2)3)9-12-4-5-13(18)8-14(12)19/h4-5,8,10H,6-7,9H2,1-3H3. The minimum atomic E-state index is -0.597. The van der Waals surface area contributed by atoms with E-state index in [4.69, 9.17) is 4.52 Å². The Kier molecular flexibility index (Phi) is 4.89. The average Bonchev–Trinajstić information content (AvgIpc) is 2.95. The molecular weight excluding hydrogens is 328 g/mol. The van der Waals surface area contributed by atoms with Gasteiger partial charge in [-0.05, 0) is 27.1 Å². The number of benzene rings is 1. The Morgan fingerprint density at radius 2 is 1.92 bits per heavy atom. The first kappa shape index (κ1) is 17.2. The van der Waals surface area contributed by atoms with E-state index < -0.39 is 11.6 Å². The van der Waals surface area contributed by atoms with Crippen LogP contribution in [0, 0.1) is 18.6 Å². The van der Waals surface area contributed by atoms with Crippen molar-refractivity contribution in [3.8, 4) is 0 Å². The zero-order valence-corrected chi connectivity index (χ0v) is 14.3. The van der Waals surface area contributed by atoms with Gasteiger partial charge in [0.25, 0.3) is 5.71 Å². The van der Waals surface area contributed by atoms with Gasteiger partial charge in [-0.1, -0.05) is 11.2 Å². The van der Waals surface area contributed by atoms with Crippen LogP contribution in [0.3, 0.4) is 0 Å². The van der Waals surface area contributed by atoms with E-state index in [1.165, 1.54) is 18.5 Å². The second kappa shape index (κ2) is 7.10. The summed E-state index contributed by atoms with van der Waals surface area (Å²) in [5, 5.41) is 4.63. The van der Waals surface area contributed by atoms with Crippen LogP contribution < -0.4 is 4.90 Å². The molecule has 0 aliphatic heterocycles. The molecule has 0 amide bonds. The van der Waals surface area contributed by atoms with E-state index in [1.54, 1.807) is 6.92 Å². The highest BCUT2D eigenvalue weighted by Gasteiger charge is 2.19. The predicted molar refractivity (Wildman–Crippen MR) is 90.3 cm³/mol. The number of rotatable bonds is 6. The van der Waals surface area contributed by atoms with Crippen LogP contribution in [0.2, 0.25) is 0 Å². The number of halogens is 2. The van der Waals surface area contributed by atoms with Crippen molar-refractivity contribution in [2.75, 3.05) is 32.1 Å². The Balaban J connectivity index is 2.00. The topological polar surface area (TPSA) is 58.3 Å². The molecular formula is C17H19F2N5O. The third kappa shape index (κ3) is 3.74. The number of fused-ring (bicyclic) bond motifs is 1. The van der Waals surface area contributed by atoms with Crippen LogP contribution in [0.1, 0.15) is 11.3 Å². The Morgan fingerprint density at radius 3 is 2.64 bits per heavy atom. The number of aromatic nitrogens is 3. The molecule has 2 aromatic heterocycles. The Bertz CT molecular complexity index is 881. The first-order valence-corrected chi connectivity index (χ1v) is 7.86. The number of likely N-dealkylation sites (N-methyl/N-ethyl adjacent to an activating group) is 1. The molecule has 0 spiro atoms. The van der Waals surface area contributed by atoms with Gasteiger partial charge >= 0.3 is 0 Å². The highest BCUT2D eigenvalue weighted by atomic mass is 19.1. The Hall–Kier alpha value is -2.61. The van der Waals surface area contributed by atoms with E-state index in [9.17, 15) is 8.78 Å². The molecule has 0 fully saturated rings. The molecule has 3 rings (SSSR count). The molecule has 2 heterocycles. The van der Waals surface area contributed by atoms with Crippen molar-refractivity contribution in [2.45, 2.75) is 13.5 Å². The number of nitrogens with zero attached hydrogens (tertiary/aromatic N) is 5. The van der Waals surface area contributed by atoms with Gasteiger partial charge in [0, 0.05) is 31.3 Å². The van der Waals surface area contributed by atoms with Gasteiger partial charge in [-0.2, -0.15) is 4.98 Å². The maximum atomic E-state index is 14.1. The summed E-state index contributed by atoms with van der Waals surface area (Å²) in [4.78, 5) is 12.4. The summed E-state index contributed by atoms with van der Waals surface area (Å²) in [6, 6.07) is 3.59. The summed E-state index contributed by atoms with van der Waals surface area (Å²) in [6.07, 6.45) is 1.39. The van der Waals surface area contributed by atoms with Crippen LogP contribution in [0.5, 0.6) is 0 Å². The molecule has 0 radical (unpaired) electrons. The monoisotopic (exact) mass is 347 g/mol. The maximum absolute atomic E-state index is 14.1. The Labute approximate surface area is 144 Å². The SMILES string of the molecule is Cc1noc2ncnc(N(CCN(C)C)Cc3ccc(F)cc3F)c12. The van der Waals surface area contributed by atoms with Gasteiger partial charge in [0.1, 0.15) is 29.2 Å². The predicted octanol–water partition coefficient (Wildman–Crippen LogP) is 2.77. The molecule has 132 valence electrons. The zero-order chi connectivity index (χ0) is 18.0. The molecule has 3 aromatic rings. The summed E-state index contributed by atoms with van der Waals surface area (Å²) >= 11 is 0. The van der Waals surface area contributed by atoms with Gasteiger partial charge < -0.3 is 14.3 Å². The van der Waals surface area contributed by atoms with Crippen LogP contribution in [0.25, 0.3) is 11.1 Å². The summed E-state index contributed by atoms with van der Waals surface area (Å²) in [5.41, 5.74) is 1.44. The van der Waals surface area contributed by atoms with Crippen molar-refractivity contribution in [3.05, 3.63) is 47.4 Å². The summed E-state index contributed by atoms with van der Waals surface area (Å²) in [5.74, 6) is -0.558. The number of anilines is 1. The number of hydrogen-bond acceptors (Lipinski definition) is 6. The molecule has 8 heteroatoms. The molecule has 0 unspecified atom stereocenters. The van der Waals surface area contributed by atoms with Crippen LogP contribution in [0.15, 0.2) is 29.0 Å². The van der Waals surface area contributed by atoms with Crippen molar-refractivity contribution >= 4 is 16.9 Å². The fraction of sp³-hybridized carbons (Fsp3) is 0.353. The number of aryl methyl sites for hydroxylation is 1. The van der Waals surface area contributed by atoms with Crippen LogP contribution in [-0.2, 0) is 6.54 Å². The van der Waals surface area contributed by atoms with Gasteiger partial charge in [0.05, 0.1) is 5.69 Å². The quantitative estimate of drug-likeness (QED) is 0.683. The molecule has 25 heavy (non-hydrogen) atoms. The summed E-state index contributed by atoms with van der Waals surface area (Å²) in [6.45, 7) is 3.39. The second-order valence-corrected chi connectivity index (χ2v) is 6.11. The smallest absolute Gasteiger partial charge is 0.263 e. The van der Waals surface area contributed by atoms with E-state index in [1.807, 2.05) is 23.9 Å². The molecule has 0 aliphatic rings. The van der Waals surface area contributed by atoms with Gasteiger partial charge in [0.15, 0.2) is 0 Å². The first-order chi connectivity index (χ1) is 12.0. The average molecular weight is 347 g/mol. The minimum Gasteiger partial charge on any atom is -0.350 e. The zero-order valence-electron chi connectivity index (χ0n) is 14.3. The summed E-state index contributed by atoms with van der Waals surface area (Å²) in [7, 11) is 3.91. The van der Waals surface area contributed by atoms with Gasteiger partial charge in [-0.25, -0.2) is 13.8 Å². The van der Waals surface area contributed by atoms with E-state index in [0.29, 0.717) is 34.7 Å². The highest BCUT2D eigenvalue weighted by molar-refractivity contribution is 5.87. The van der Waals surface area contributed by atoms with Gasteiger partial charge in [-0.15, -0.1) is 0 Å². The second-order valence-electron chi connectivity index (χ2n) is 6.11. The molecule has 6 nitrogen and oxygen atoms in total. The van der Waals surface area contributed by atoms with E-state index >= 15 is 0 Å². The lowest BCUT2D eigenvalue weighted by molar-refractivity contribution is 0.411. The molecule has 0 saturated heterocycles. The number of hydrogen-bond donors (Lipinski definition) is 0. The largest absolute Gasteiger partial charge is 0.350 e. The third-order valence-electron chi connectivity index (χ3n) is 3.92.